The van der Waals surface area contributed by atoms with E-state index in [-0.39, 0.29) is 28.7 Å². The molecule has 0 saturated heterocycles. The van der Waals surface area contributed by atoms with Gasteiger partial charge in [-0.25, -0.2) is 13.1 Å². The van der Waals surface area contributed by atoms with Crippen molar-refractivity contribution in [3.05, 3.63) is 83.9 Å². The van der Waals surface area contributed by atoms with Gasteiger partial charge >= 0.3 is 0 Å². The van der Waals surface area contributed by atoms with Crippen molar-refractivity contribution in [2.75, 3.05) is 32.7 Å². The first-order valence-corrected chi connectivity index (χ1v) is 11.5. The molecule has 0 aliphatic rings. The summed E-state index contributed by atoms with van der Waals surface area (Å²) in [6, 6.07) is 21.0. The van der Waals surface area contributed by atoms with Crippen molar-refractivity contribution in [3.8, 4) is 11.5 Å². The van der Waals surface area contributed by atoms with Gasteiger partial charge in [0, 0.05) is 24.8 Å². The molecule has 168 valence electrons. The summed E-state index contributed by atoms with van der Waals surface area (Å²) in [4.78, 5) is 14.4. The molecule has 0 heterocycles. The van der Waals surface area contributed by atoms with Gasteiger partial charge in [0.1, 0.15) is 16.4 Å². The summed E-state index contributed by atoms with van der Waals surface area (Å²) in [6.45, 7) is 0.222. The number of carbonyl (C=O) groups is 1. The average Bonchev–Trinajstić information content (AvgIpc) is 2.83. The number of amides is 1. The first-order valence-electron chi connectivity index (χ1n) is 9.99. The highest BCUT2D eigenvalue weighted by atomic mass is 32.2. The zero-order chi connectivity index (χ0) is 23.1. The van der Waals surface area contributed by atoms with Crippen LogP contribution in [0, 0.1) is 0 Å². The summed E-state index contributed by atoms with van der Waals surface area (Å²) in [5.74, 6) is 0.494. The quantitative estimate of drug-likeness (QED) is 0.535. The minimum atomic E-state index is -3.89. The Morgan fingerprint density at radius 2 is 1.62 bits per heavy atom. The topological polar surface area (TPSA) is 84.9 Å². The molecular formula is C24H26N2O5S. The maximum atomic E-state index is 13.0. The van der Waals surface area contributed by atoms with E-state index >= 15 is 0 Å². The van der Waals surface area contributed by atoms with Crippen LogP contribution in [0.3, 0.4) is 0 Å². The number of sulfonamides is 1. The average molecular weight is 455 g/mol. The highest BCUT2D eigenvalue weighted by Crippen LogP contribution is 2.27. The van der Waals surface area contributed by atoms with Gasteiger partial charge in [-0.3, -0.25) is 4.79 Å². The van der Waals surface area contributed by atoms with Crippen LogP contribution in [-0.4, -0.2) is 42.1 Å². The van der Waals surface area contributed by atoms with Gasteiger partial charge in [-0.15, -0.1) is 0 Å². The molecule has 1 N–H and O–H groups in total. The van der Waals surface area contributed by atoms with Crippen molar-refractivity contribution in [1.29, 1.82) is 0 Å². The molecule has 3 aromatic carbocycles. The number of benzene rings is 3. The minimum Gasteiger partial charge on any atom is -0.497 e. The van der Waals surface area contributed by atoms with Crippen molar-refractivity contribution in [2.45, 2.75) is 11.3 Å². The standard InChI is InChI=1S/C24H26N2O5S/c1-26(20-10-12-21(30-2)13-11-20)24(27)19-9-14-22(31-3)23(17-19)32(28,29)25-16-15-18-7-5-4-6-8-18/h4-14,17,25H,15-16H2,1-3H3. The van der Waals surface area contributed by atoms with E-state index in [0.717, 1.165) is 5.56 Å². The monoisotopic (exact) mass is 454 g/mol. The molecule has 3 aromatic rings. The normalized spacial score (nSPS) is 11.1. The van der Waals surface area contributed by atoms with E-state index in [2.05, 4.69) is 4.72 Å². The van der Waals surface area contributed by atoms with Crippen LogP contribution in [0.1, 0.15) is 15.9 Å². The van der Waals surface area contributed by atoms with E-state index in [1.165, 1.54) is 24.1 Å². The van der Waals surface area contributed by atoms with Gasteiger partial charge in [0.15, 0.2) is 0 Å². The fourth-order valence-corrected chi connectivity index (χ4v) is 4.41. The zero-order valence-electron chi connectivity index (χ0n) is 18.2. The second-order valence-electron chi connectivity index (χ2n) is 7.06. The molecule has 0 unspecified atom stereocenters. The van der Waals surface area contributed by atoms with Gasteiger partial charge in [-0.2, -0.15) is 0 Å². The van der Waals surface area contributed by atoms with Gasteiger partial charge in [0.05, 0.1) is 14.2 Å². The molecule has 0 bridgehead atoms. The summed E-state index contributed by atoms with van der Waals surface area (Å²) in [7, 11) is 0.694. The molecule has 7 nitrogen and oxygen atoms in total. The molecule has 0 aliphatic carbocycles. The van der Waals surface area contributed by atoms with Crippen LogP contribution in [0.25, 0.3) is 0 Å². The number of nitrogens with one attached hydrogen (secondary N) is 1. The lowest BCUT2D eigenvalue weighted by atomic mass is 10.1. The number of nitrogens with zero attached hydrogens (tertiary/aromatic N) is 1. The molecule has 1 amide bonds. The van der Waals surface area contributed by atoms with Gasteiger partial charge in [-0.05, 0) is 54.4 Å². The molecule has 3 rings (SSSR count). The number of methoxy groups -OCH3 is 2. The van der Waals surface area contributed by atoms with Gasteiger partial charge in [0.2, 0.25) is 10.0 Å². The van der Waals surface area contributed by atoms with Crippen LogP contribution in [0.15, 0.2) is 77.7 Å². The maximum absolute atomic E-state index is 13.0. The molecular weight excluding hydrogens is 428 g/mol. The van der Waals surface area contributed by atoms with E-state index in [4.69, 9.17) is 9.47 Å². The van der Waals surface area contributed by atoms with Crippen LogP contribution in [0.4, 0.5) is 5.69 Å². The minimum absolute atomic E-state index is 0.0814. The van der Waals surface area contributed by atoms with Crippen LogP contribution in [0.5, 0.6) is 11.5 Å². The molecule has 8 heteroatoms. The fourth-order valence-electron chi connectivity index (χ4n) is 3.19. The third-order valence-electron chi connectivity index (χ3n) is 5.01. The molecule has 0 aliphatic heterocycles. The Hall–Kier alpha value is -3.36. The fraction of sp³-hybridized carbons (Fsp3) is 0.208. The van der Waals surface area contributed by atoms with Crippen molar-refractivity contribution in [1.82, 2.24) is 4.72 Å². The summed E-state index contributed by atoms with van der Waals surface area (Å²) in [5.41, 5.74) is 1.90. The third kappa shape index (κ3) is 5.46. The Labute approximate surface area is 188 Å². The smallest absolute Gasteiger partial charge is 0.258 e. The lowest BCUT2D eigenvalue weighted by molar-refractivity contribution is 0.0992. The molecule has 0 atom stereocenters. The van der Waals surface area contributed by atoms with Gasteiger partial charge in [0.25, 0.3) is 5.91 Å². The van der Waals surface area contributed by atoms with E-state index in [0.29, 0.717) is 17.9 Å². The zero-order valence-corrected chi connectivity index (χ0v) is 19.1. The summed E-state index contributed by atoms with van der Waals surface area (Å²) in [5, 5.41) is 0. The number of hydrogen-bond acceptors (Lipinski definition) is 5. The number of rotatable bonds is 9. The van der Waals surface area contributed by atoms with Gasteiger partial charge < -0.3 is 14.4 Å². The molecule has 0 radical (unpaired) electrons. The van der Waals surface area contributed by atoms with Crippen LogP contribution in [-0.2, 0) is 16.4 Å². The predicted octanol–water partition coefficient (Wildman–Crippen LogP) is 3.50. The summed E-state index contributed by atoms with van der Waals surface area (Å²) >= 11 is 0. The second kappa shape index (κ2) is 10.3. The van der Waals surface area contributed by atoms with Crippen molar-refractivity contribution in [3.63, 3.8) is 0 Å². The largest absolute Gasteiger partial charge is 0.497 e. The van der Waals surface area contributed by atoms with Crippen molar-refractivity contribution in [2.24, 2.45) is 0 Å². The first-order chi connectivity index (χ1) is 15.4. The molecule has 0 fully saturated rings. The number of carbonyl (C=O) groups excluding carboxylic acids is 1. The molecule has 32 heavy (non-hydrogen) atoms. The van der Waals surface area contributed by atoms with E-state index < -0.39 is 10.0 Å². The predicted molar refractivity (Wildman–Crippen MR) is 124 cm³/mol. The van der Waals surface area contributed by atoms with Crippen molar-refractivity contribution < 1.29 is 22.7 Å². The molecule has 0 spiro atoms. The second-order valence-corrected chi connectivity index (χ2v) is 8.80. The highest BCUT2D eigenvalue weighted by molar-refractivity contribution is 7.89. The Kier molecular flexibility index (Phi) is 7.50. The lowest BCUT2D eigenvalue weighted by Gasteiger charge is -2.19. The Bertz CT molecular complexity index is 1160. The first kappa shape index (κ1) is 23.3. The van der Waals surface area contributed by atoms with Crippen LogP contribution >= 0.6 is 0 Å². The van der Waals surface area contributed by atoms with Crippen LogP contribution in [0.2, 0.25) is 0 Å². The van der Waals surface area contributed by atoms with E-state index in [9.17, 15) is 13.2 Å². The molecule has 0 aromatic heterocycles. The maximum Gasteiger partial charge on any atom is 0.258 e. The van der Waals surface area contributed by atoms with E-state index in [1.54, 1.807) is 44.5 Å². The highest BCUT2D eigenvalue weighted by Gasteiger charge is 2.23. The Morgan fingerprint density at radius 1 is 0.938 bits per heavy atom. The van der Waals surface area contributed by atoms with Crippen LogP contribution < -0.4 is 19.1 Å². The van der Waals surface area contributed by atoms with E-state index in [1.807, 2.05) is 30.3 Å². The molecule has 0 saturated carbocycles. The number of ether oxygens (including phenoxy) is 2. The van der Waals surface area contributed by atoms with Gasteiger partial charge in [-0.1, -0.05) is 30.3 Å². The lowest BCUT2D eigenvalue weighted by Crippen LogP contribution is -2.28. The third-order valence-corrected chi connectivity index (χ3v) is 6.50. The number of hydrogen-bond donors (Lipinski definition) is 1. The summed E-state index contributed by atoms with van der Waals surface area (Å²) < 4.78 is 38.9. The number of anilines is 1. The SMILES string of the molecule is COc1ccc(N(C)C(=O)c2ccc(OC)c(S(=O)(=O)NCCc3ccccc3)c2)cc1. The Morgan fingerprint density at radius 3 is 2.25 bits per heavy atom. The summed E-state index contributed by atoms with van der Waals surface area (Å²) in [6.07, 6.45) is 0.543. The Balaban J connectivity index is 1.81. The van der Waals surface area contributed by atoms with Crippen molar-refractivity contribution >= 4 is 21.6 Å².